The number of aryl methyl sites for hydroxylation is 2. The second-order valence-electron chi connectivity index (χ2n) is 4.75. The van der Waals surface area contributed by atoms with Crippen LogP contribution in [0.2, 0.25) is 0 Å². The van der Waals surface area contributed by atoms with Gasteiger partial charge in [-0.1, -0.05) is 0 Å². The Morgan fingerprint density at radius 2 is 2.05 bits per heavy atom. The number of hydrazone groups is 1. The summed E-state index contributed by atoms with van der Waals surface area (Å²) < 4.78 is 40.3. The van der Waals surface area contributed by atoms with Gasteiger partial charge in [0.25, 0.3) is 11.6 Å². The lowest BCUT2D eigenvalue weighted by molar-refractivity contribution is -0.297. The van der Waals surface area contributed by atoms with Crippen molar-refractivity contribution in [2.45, 2.75) is 32.2 Å². The topological polar surface area (TPSA) is 70.7 Å². The predicted octanol–water partition coefficient (Wildman–Crippen LogP) is 1.20. The van der Waals surface area contributed by atoms with E-state index in [1.807, 2.05) is 0 Å². The van der Waals surface area contributed by atoms with E-state index < -0.39 is 24.2 Å². The van der Waals surface area contributed by atoms with E-state index in [4.69, 9.17) is 0 Å². The molecule has 2 heterocycles. The number of hydrogen-bond donors (Lipinski definition) is 1. The number of alkyl halides is 3. The SMILES string of the molecule is CC1=NN(C(=O)c2cn(C)nc2C)[C@@](O)(C(F)(F)F)C1. The van der Waals surface area contributed by atoms with E-state index >= 15 is 0 Å². The van der Waals surface area contributed by atoms with Crippen LogP contribution in [0.5, 0.6) is 0 Å². The molecule has 0 aliphatic carbocycles. The summed E-state index contributed by atoms with van der Waals surface area (Å²) in [6.07, 6.45) is -4.47. The Labute approximate surface area is 112 Å². The fourth-order valence-corrected chi connectivity index (χ4v) is 2.08. The number of aromatic nitrogens is 2. The molecule has 9 heteroatoms. The number of carbonyl (C=O) groups excluding carboxylic acids is 1. The zero-order valence-corrected chi connectivity index (χ0v) is 11.1. The first-order valence-corrected chi connectivity index (χ1v) is 5.74. The first-order chi connectivity index (χ1) is 9.06. The molecule has 0 fully saturated rings. The largest absolute Gasteiger partial charge is 0.438 e. The fourth-order valence-electron chi connectivity index (χ4n) is 2.08. The van der Waals surface area contributed by atoms with Gasteiger partial charge in [-0.15, -0.1) is 0 Å². The third kappa shape index (κ3) is 2.07. The van der Waals surface area contributed by atoms with Gasteiger partial charge in [-0.2, -0.15) is 28.4 Å². The van der Waals surface area contributed by atoms with Crippen LogP contribution in [-0.4, -0.2) is 43.4 Å². The molecule has 0 spiro atoms. The molecule has 0 saturated heterocycles. The van der Waals surface area contributed by atoms with Crippen LogP contribution in [0.15, 0.2) is 11.3 Å². The Balaban J connectivity index is 2.44. The molecular formula is C11H13F3N4O2. The van der Waals surface area contributed by atoms with Crippen LogP contribution in [0, 0.1) is 6.92 Å². The fraction of sp³-hybridized carbons (Fsp3) is 0.545. The molecule has 0 saturated carbocycles. The molecule has 2 rings (SSSR count). The Morgan fingerprint density at radius 3 is 2.50 bits per heavy atom. The first kappa shape index (κ1) is 14.5. The van der Waals surface area contributed by atoms with Gasteiger partial charge in [0.15, 0.2) is 0 Å². The van der Waals surface area contributed by atoms with Crippen molar-refractivity contribution in [2.75, 3.05) is 0 Å². The molecule has 1 aliphatic rings. The number of halogens is 3. The summed E-state index contributed by atoms with van der Waals surface area (Å²) in [5, 5.41) is 17.3. The Hall–Kier alpha value is -1.90. The second kappa shape index (κ2) is 4.30. The summed E-state index contributed by atoms with van der Waals surface area (Å²) in [4.78, 5) is 12.2. The van der Waals surface area contributed by atoms with Gasteiger partial charge in [-0.05, 0) is 13.8 Å². The highest BCUT2D eigenvalue weighted by atomic mass is 19.4. The van der Waals surface area contributed by atoms with E-state index in [-0.39, 0.29) is 22.0 Å². The van der Waals surface area contributed by atoms with Gasteiger partial charge in [0.1, 0.15) is 0 Å². The van der Waals surface area contributed by atoms with E-state index in [9.17, 15) is 23.1 Å². The Bertz CT molecular complexity index is 593. The highest BCUT2D eigenvalue weighted by Crippen LogP contribution is 2.40. The minimum atomic E-state index is -5.00. The molecule has 1 aliphatic heterocycles. The summed E-state index contributed by atoms with van der Waals surface area (Å²) in [5.74, 6) is -1.03. The van der Waals surface area contributed by atoms with Crippen molar-refractivity contribution in [1.29, 1.82) is 0 Å². The zero-order valence-electron chi connectivity index (χ0n) is 11.1. The number of rotatable bonds is 1. The Morgan fingerprint density at radius 1 is 1.45 bits per heavy atom. The third-order valence-corrected chi connectivity index (χ3v) is 3.01. The average molecular weight is 290 g/mol. The third-order valence-electron chi connectivity index (χ3n) is 3.01. The van der Waals surface area contributed by atoms with Crippen molar-refractivity contribution in [3.63, 3.8) is 0 Å². The molecule has 0 aromatic carbocycles. The van der Waals surface area contributed by atoms with Gasteiger partial charge >= 0.3 is 6.18 Å². The number of carbonyl (C=O) groups is 1. The summed E-state index contributed by atoms with van der Waals surface area (Å²) in [7, 11) is 1.54. The molecule has 1 atom stereocenters. The summed E-state index contributed by atoms with van der Waals surface area (Å²) in [5.41, 5.74) is -3.05. The maximum atomic E-state index is 13.0. The number of aliphatic hydroxyl groups is 1. The van der Waals surface area contributed by atoms with Crippen LogP contribution in [0.4, 0.5) is 13.2 Å². The molecule has 20 heavy (non-hydrogen) atoms. The zero-order chi connectivity index (χ0) is 15.3. The van der Waals surface area contributed by atoms with Crippen molar-refractivity contribution in [2.24, 2.45) is 12.1 Å². The highest BCUT2D eigenvalue weighted by molar-refractivity contribution is 5.98. The van der Waals surface area contributed by atoms with E-state index in [1.165, 1.54) is 31.8 Å². The second-order valence-corrected chi connectivity index (χ2v) is 4.75. The maximum Gasteiger partial charge on any atom is 0.438 e. The van der Waals surface area contributed by atoms with Crippen LogP contribution in [0.25, 0.3) is 0 Å². The first-order valence-electron chi connectivity index (χ1n) is 5.74. The van der Waals surface area contributed by atoms with Gasteiger partial charge in [0, 0.05) is 25.4 Å². The van der Waals surface area contributed by atoms with Crippen molar-refractivity contribution >= 4 is 11.6 Å². The standard InChI is InChI=1S/C11H13F3N4O2/c1-6-4-10(20,11(12,13)14)18(15-6)9(19)8-5-17(3)16-7(8)2/h5,20H,4H2,1-3H3/t10-/m0/s1. The van der Waals surface area contributed by atoms with Gasteiger partial charge in [0.2, 0.25) is 0 Å². The van der Waals surface area contributed by atoms with Gasteiger partial charge < -0.3 is 5.11 Å². The lowest BCUT2D eigenvalue weighted by Gasteiger charge is -2.32. The molecule has 6 nitrogen and oxygen atoms in total. The molecule has 0 unspecified atom stereocenters. The lowest BCUT2D eigenvalue weighted by Crippen LogP contribution is -2.56. The van der Waals surface area contributed by atoms with E-state index in [2.05, 4.69) is 10.2 Å². The summed E-state index contributed by atoms with van der Waals surface area (Å²) in [6, 6.07) is 0. The minimum Gasteiger partial charge on any atom is -0.362 e. The molecule has 1 aromatic rings. The number of nitrogens with zero attached hydrogens (tertiary/aromatic N) is 4. The molecule has 110 valence electrons. The van der Waals surface area contributed by atoms with E-state index in [0.29, 0.717) is 0 Å². The van der Waals surface area contributed by atoms with Crippen LogP contribution in [0.3, 0.4) is 0 Å². The molecule has 1 amide bonds. The van der Waals surface area contributed by atoms with E-state index in [1.54, 1.807) is 0 Å². The van der Waals surface area contributed by atoms with Crippen LogP contribution < -0.4 is 0 Å². The predicted molar refractivity (Wildman–Crippen MR) is 62.8 cm³/mol. The summed E-state index contributed by atoms with van der Waals surface area (Å²) in [6.45, 7) is 2.81. The molecule has 1 aromatic heterocycles. The van der Waals surface area contributed by atoms with Crippen molar-refractivity contribution in [1.82, 2.24) is 14.8 Å². The smallest absolute Gasteiger partial charge is 0.362 e. The normalized spacial score (nSPS) is 23.1. The minimum absolute atomic E-state index is 0.0275. The molecule has 1 N–H and O–H groups in total. The van der Waals surface area contributed by atoms with Crippen LogP contribution >= 0.6 is 0 Å². The monoisotopic (exact) mass is 290 g/mol. The molecular weight excluding hydrogens is 277 g/mol. The number of amides is 1. The van der Waals surface area contributed by atoms with Gasteiger partial charge in [-0.25, -0.2) is 0 Å². The Kier molecular flexibility index (Phi) is 3.12. The van der Waals surface area contributed by atoms with Crippen molar-refractivity contribution in [3.05, 3.63) is 17.5 Å². The van der Waals surface area contributed by atoms with Gasteiger partial charge in [0.05, 0.1) is 11.3 Å². The van der Waals surface area contributed by atoms with Gasteiger partial charge in [-0.3, -0.25) is 9.48 Å². The highest BCUT2D eigenvalue weighted by Gasteiger charge is 2.62. The van der Waals surface area contributed by atoms with Crippen molar-refractivity contribution < 1.29 is 23.1 Å². The van der Waals surface area contributed by atoms with Crippen LogP contribution in [0.1, 0.15) is 29.4 Å². The average Bonchev–Trinajstić information content (AvgIpc) is 2.77. The summed E-state index contributed by atoms with van der Waals surface area (Å²) >= 11 is 0. The lowest BCUT2D eigenvalue weighted by atomic mass is 10.1. The van der Waals surface area contributed by atoms with Crippen LogP contribution in [-0.2, 0) is 7.05 Å². The quantitative estimate of drug-likeness (QED) is 0.845. The molecule has 0 radical (unpaired) electrons. The maximum absolute atomic E-state index is 13.0. The molecule has 0 bridgehead atoms. The number of hydrogen-bond acceptors (Lipinski definition) is 4. The van der Waals surface area contributed by atoms with E-state index in [0.717, 1.165) is 0 Å². The van der Waals surface area contributed by atoms with Crippen molar-refractivity contribution in [3.8, 4) is 0 Å².